The molecule has 0 fully saturated rings. The van der Waals surface area contributed by atoms with Gasteiger partial charge in [-0.1, -0.05) is 28.1 Å². The van der Waals surface area contributed by atoms with Gasteiger partial charge in [0.2, 0.25) is 5.78 Å². The second-order valence-electron chi connectivity index (χ2n) is 4.31. The Kier molecular flexibility index (Phi) is 5.00. The van der Waals surface area contributed by atoms with Gasteiger partial charge in [0.05, 0.1) is 10.5 Å². The average molecular weight is 364 g/mol. The summed E-state index contributed by atoms with van der Waals surface area (Å²) in [6.45, 7) is -0.476. The van der Waals surface area contributed by atoms with Crippen LogP contribution in [0.4, 0.5) is 5.69 Å². The number of ketones is 1. The number of non-ortho nitro benzene ring substituents is 1. The Balaban J connectivity index is 2.00. The summed E-state index contributed by atoms with van der Waals surface area (Å²) in [6.07, 6.45) is 0. The number of hydrogen-bond donors (Lipinski definition) is 0. The van der Waals surface area contributed by atoms with Crippen molar-refractivity contribution in [2.75, 3.05) is 6.61 Å². The number of nitro groups is 1. The Hall–Kier alpha value is -2.54. The highest BCUT2D eigenvalue weighted by molar-refractivity contribution is 9.10. The first-order valence-electron chi connectivity index (χ1n) is 6.18. The Labute approximate surface area is 134 Å². The highest BCUT2D eigenvalue weighted by Crippen LogP contribution is 2.14. The first-order valence-corrected chi connectivity index (χ1v) is 6.97. The van der Waals surface area contributed by atoms with E-state index in [0.29, 0.717) is 5.56 Å². The van der Waals surface area contributed by atoms with Gasteiger partial charge in [0.15, 0.2) is 6.61 Å². The molecule has 0 bridgehead atoms. The van der Waals surface area contributed by atoms with Crippen molar-refractivity contribution >= 4 is 33.4 Å². The molecule has 2 aromatic rings. The molecule has 2 rings (SSSR count). The SMILES string of the molecule is O=C(COC(=O)c1ccc(Br)cc1)c1cccc([N+](=O)[O-])c1. The van der Waals surface area contributed by atoms with Crippen LogP contribution in [0.1, 0.15) is 20.7 Å². The van der Waals surface area contributed by atoms with Gasteiger partial charge in [-0.15, -0.1) is 0 Å². The highest BCUT2D eigenvalue weighted by atomic mass is 79.9. The van der Waals surface area contributed by atoms with Crippen LogP contribution < -0.4 is 0 Å². The molecule has 0 atom stereocenters. The first-order chi connectivity index (χ1) is 10.5. The van der Waals surface area contributed by atoms with Crippen LogP contribution in [-0.4, -0.2) is 23.3 Å². The molecule has 0 heterocycles. The lowest BCUT2D eigenvalue weighted by molar-refractivity contribution is -0.384. The highest BCUT2D eigenvalue weighted by Gasteiger charge is 2.14. The molecule has 2 aromatic carbocycles. The summed E-state index contributed by atoms with van der Waals surface area (Å²) in [4.78, 5) is 33.7. The summed E-state index contributed by atoms with van der Waals surface area (Å²) in [5, 5.41) is 10.7. The van der Waals surface area contributed by atoms with Crippen molar-refractivity contribution < 1.29 is 19.2 Å². The zero-order chi connectivity index (χ0) is 16.1. The summed E-state index contributed by atoms with van der Waals surface area (Å²) in [5.74, 6) is -1.14. The lowest BCUT2D eigenvalue weighted by atomic mass is 10.1. The summed E-state index contributed by atoms with van der Waals surface area (Å²) >= 11 is 3.24. The second kappa shape index (κ2) is 6.95. The lowest BCUT2D eigenvalue weighted by Crippen LogP contribution is -2.14. The number of esters is 1. The van der Waals surface area contributed by atoms with E-state index >= 15 is 0 Å². The molecule has 0 aliphatic carbocycles. The fourth-order valence-corrected chi connectivity index (χ4v) is 1.94. The van der Waals surface area contributed by atoms with Gasteiger partial charge in [-0.2, -0.15) is 0 Å². The molecule has 0 spiro atoms. The quantitative estimate of drug-likeness (QED) is 0.351. The van der Waals surface area contributed by atoms with Crippen molar-refractivity contribution in [3.8, 4) is 0 Å². The maximum Gasteiger partial charge on any atom is 0.338 e. The summed E-state index contributed by atoms with van der Waals surface area (Å²) in [7, 11) is 0. The number of nitrogens with zero attached hydrogens (tertiary/aromatic N) is 1. The van der Waals surface area contributed by atoms with Crippen LogP contribution in [0.3, 0.4) is 0 Å². The van der Waals surface area contributed by atoms with Crippen molar-refractivity contribution in [2.45, 2.75) is 0 Å². The maximum absolute atomic E-state index is 11.9. The van der Waals surface area contributed by atoms with Gasteiger partial charge in [-0.3, -0.25) is 14.9 Å². The van der Waals surface area contributed by atoms with E-state index in [4.69, 9.17) is 4.74 Å². The van der Waals surface area contributed by atoms with E-state index in [1.165, 1.54) is 18.2 Å². The lowest BCUT2D eigenvalue weighted by Gasteiger charge is -2.04. The molecular formula is C15H10BrNO5. The van der Waals surface area contributed by atoms with Crippen LogP contribution in [0.2, 0.25) is 0 Å². The third kappa shape index (κ3) is 3.98. The maximum atomic E-state index is 11.9. The summed E-state index contributed by atoms with van der Waals surface area (Å²) < 4.78 is 5.73. The van der Waals surface area contributed by atoms with E-state index in [0.717, 1.165) is 10.5 Å². The van der Waals surface area contributed by atoms with Gasteiger partial charge in [-0.25, -0.2) is 4.79 Å². The molecule has 0 aliphatic heterocycles. The van der Waals surface area contributed by atoms with Crippen molar-refractivity contribution in [3.63, 3.8) is 0 Å². The first kappa shape index (κ1) is 15.8. The standard InChI is InChI=1S/C15H10BrNO5/c16-12-6-4-10(5-7-12)15(19)22-9-14(18)11-2-1-3-13(8-11)17(20)21/h1-8H,9H2. The number of hydrogen-bond acceptors (Lipinski definition) is 5. The van der Waals surface area contributed by atoms with Crippen LogP contribution >= 0.6 is 15.9 Å². The predicted molar refractivity (Wildman–Crippen MR) is 81.9 cm³/mol. The van der Waals surface area contributed by atoms with E-state index in [9.17, 15) is 19.7 Å². The molecule has 7 heteroatoms. The number of carbonyl (C=O) groups is 2. The molecule has 0 N–H and O–H groups in total. The van der Waals surface area contributed by atoms with Gasteiger partial charge in [0.25, 0.3) is 5.69 Å². The molecule has 22 heavy (non-hydrogen) atoms. The monoisotopic (exact) mass is 363 g/mol. The molecule has 0 saturated carbocycles. The van der Waals surface area contributed by atoms with Crippen LogP contribution in [0, 0.1) is 10.1 Å². The zero-order valence-corrected chi connectivity index (χ0v) is 12.8. The van der Waals surface area contributed by atoms with E-state index in [-0.39, 0.29) is 11.3 Å². The molecule has 112 valence electrons. The number of carbonyl (C=O) groups excluding carboxylic acids is 2. The van der Waals surface area contributed by atoms with Gasteiger partial charge in [0.1, 0.15) is 0 Å². The Morgan fingerprint density at radius 1 is 1.09 bits per heavy atom. The van der Waals surface area contributed by atoms with Crippen molar-refractivity contribution in [1.29, 1.82) is 0 Å². The van der Waals surface area contributed by atoms with E-state index in [2.05, 4.69) is 15.9 Å². The zero-order valence-electron chi connectivity index (χ0n) is 11.2. The van der Waals surface area contributed by atoms with Crippen LogP contribution in [0.5, 0.6) is 0 Å². The van der Waals surface area contributed by atoms with Gasteiger partial charge >= 0.3 is 5.97 Å². The van der Waals surface area contributed by atoms with Crippen LogP contribution in [-0.2, 0) is 4.74 Å². The van der Waals surface area contributed by atoms with E-state index < -0.39 is 23.3 Å². The molecule has 0 aliphatic rings. The smallest absolute Gasteiger partial charge is 0.338 e. The number of nitro benzene ring substituents is 1. The number of benzene rings is 2. The number of rotatable bonds is 5. The summed E-state index contributed by atoms with van der Waals surface area (Å²) in [5.41, 5.74) is 0.248. The second-order valence-corrected chi connectivity index (χ2v) is 5.23. The minimum atomic E-state index is -0.633. The Morgan fingerprint density at radius 2 is 1.77 bits per heavy atom. The number of halogens is 1. The minimum Gasteiger partial charge on any atom is -0.454 e. The van der Waals surface area contributed by atoms with Crippen LogP contribution in [0.15, 0.2) is 53.0 Å². The number of ether oxygens (including phenoxy) is 1. The Bertz CT molecular complexity index is 727. The average Bonchev–Trinajstić information content (AvgIpc) is 2.53. The fraction of sp³-hybridized carbons (Fsp3) is 0.0667. The third-order valence-electron chi connectivity index (χ3n) is 2.79. The molecule has 6 nitrogen and oxygen atoms in total. The Morgan fingerprint density at radius 3 is 2.41 bits per heavy atom. The van der Waals surface area contributed by atoms with Gasteiger partial charge in [0, 0.05) is 22.2 Å². The minimum absolute atomic E-state index is 0.123. The van der Waals surface area contributed by atoms with Crippen molar-refractivity contribution in [3.05, 3.63) is 74.2 Å². The van der Waals surface area contributed by atoms with Gasteiger partial charge in [-0.05, 0) is 24.3 Å². The number of Topliss-reactive ketones (excluding diaryl/α,β-unsaturated/α-hetero) is 1. The summed E-state index contributed by atoms with van der Waals surface area (Å²) in [6, 6.07) is 11.7. The fourth-order valence-electron chi connectivity index (χ4n) is 1.68. The molecular weight excluding hydrogens is 354 g/mol. The van der Waals surface area contributed by atoms with Crippen molar-refractivity contribution in [2.24, 2.45) is 0 Å². The van der Waals surface area contributed by atoms with E-state index in [1.54, 1.807) is 24.3 Å². The third-order valence-corrected chi connectivity index (χ3v) is 3.32. The molecule has 0 aromatic heterocycles. The molecule has 0 radical (unpaired) electrons. The largest absolute Gasteiger partial charge is 0.454 e. The normalized spacial score (nSPS) is 10.0. The molecule has 0 amide bonds. The van der Waals surface area contributed by atoms with E-state index in [1.807, 2.05) is 0 Å². The predicted octanol–water partition coefficient (Wildman–Crippen LogP) is 3.40. The van der Waals surface area contributed by atoms with Crippen LogP contribution in [0.25, 0.3) is 0 Å². The van der Waals surface area contributed by atoms with Crippen molar-refractivity contribution in [1.82, 2.24) is 0 Å². The molecule has 0 saturated heterocycles. The molecule has 0 unspecified atom stereocenters. The topological polar surface area (TPSA) is 86.5 Å². The van der Waals surface area contributed by atoms with Gasteiger partial charge < -0.3 is 4.74 Å².